The number of aromatic nitrogens is 1. The Morgan fingerprint density at radius 1 is 1.25 bits per heavy atom. The molecule has 2 heteroatoms. The smallest absolute Gasteiger partial charge is 0.0346 e. The van der Waals surface area contributed by atoms with Crippen LogP contribution in [0.1, 0.15) is 50.5 Å². The van der Waals surface area contributed by atoms with Crippen molar-refractivity contribution >= 4 is 16.9 Å². The van der Waals surface area contributed by atoms with E-state index < -0.39 is 0 Å². The maximum atomic E-state index is 4.25. The number of thiophene rings is 1. The highest BCUT2D eigenvalue weighted by atomic mass is 32.1. The van der Waals surface area contributed by atoms with Crippen molar-refractivity contribution < 1.29 is 0 Å². The van der Waals surface area contributed by atoms with Gasteiger partial charge in [0.1, 0.15) is 0 Å². The van der Waals surface area contributed by atoms with Gasteiger partial charge in [-0.3, -0.25) is 4.98 Å². The molecule has 20 heavy (non-hydrogen) atoms. The minimum atomic E-state index is 0.422. The topological polar surface area (TPSA) is 12.9 Å². The quantitative estimate of drug-likeness (QED) is 0.633. The van der Waals surface area contributed by atoms with Gasteiger partial charge < -0.3 is 0 Å². The van der Waals surface area contributed by atoms with E-state index in [4.69, 9.17) is 0 Å². The van der Waals surface area contributed by atoms with Gasteiger partial charge in [-0.25, -0.2) is 0 Å². The summed E-state index contributed by atoms with van der Waals surface area (Å²) in [6.07, 6.45) is 9.77. The summed E-state index contributed by atoms with van der Waals surface area (Å²) in [5, 5.41) is 2.13. The average Bonchev–Trinajstić information content (AvgIpc) is 2.92. The van der Waals surface area contributed by atoms with Gasteiger partial charge in [0.25, 0.3) is 0 Å². The highest BCUT2D eigenvalue weighted by molar-refractivity contribution is 7.11. The maximum Gasteiger partial charge on any atom is 0.0346 e. The maximum absolute atomic E-state index is 4.25. The summed E-state index contributed by atoms with van der Waals surface area (Å²) in [4.78, 5) is 5.57. The van der Waals surface area contributed by atoms with Crippen LogP contribution >= 0.6 is 11.3 Å². The molecule has 2 aromatic rings. The molecule has 0 amide bonds. The van der Waals surface area contributed by atoms with E-state index >= 15 is 0 Å². The second kappa shape index (κ2) is 6.85. The third-order valence-corrected chi connectivity index (χ3v) is 4.14. The molecular weight excluding hydrogens is 262 g/mol. The number of allylic oxidation sites excluding steroid dienone is 1. The third-order valence-electron chi connectivity index (χ3n) is 3.24. The minimum Gasteiger partial charge on any atom is -0.264 e. The Morgan fingerprint density at radius 2 is 2.10 bits per heavy atom. The van der Waals surface area contributed by atoms with Gasteiger partial charge in [-0.05, 0) is 47.8 Å². The molecule has 0 unspecified atom stereocenters. The van der Waals surface area contributed by atoms with Gasteiger partial charge >= 0.3 is 0 Å². The van der Waals surface area contributed by atoms with Gasteiger partial charge in [-0.1, -0.05) is 39.0 Å². The lowest BCUT2D eigenvalue weighted by atomic mass is 9.89. The number of hydrogen-bond acceptors (Lipinski definition) is 2. The van der Waals surface area contributed by atoms with Crippen LogP contribution in [0.4, 0.5) is 0 Å². The largest absolute Gasteiger partial charge is 0.264 e. The summed E-state index contributed by atoms with van der Waals surface area (Å²) in [6, 6.07) is 8.45. The Hall–Kier alpha value is -1.41. The molecule has 106 valence electrons. The van der Waals surface area contributed by atoms with Crippen LogP contribution < -0.4 is 0 Å². The summed E-state index contributed by atoms with van der Waals surface area (Å²) >= 11 is 1.79. The number of unbranched alkanes of at least 4 members (excludes halogenated alkanes) is 1. The van der Waals surface area contributed by atoms with Crippen LogP contribution in [0.2, 0.25) is 0 Å². The van der Waals surface area contributed by atoms with Gasteiger partial charge in [0.2, 0.25) is 0 Å². The third kappa shape index (κ3) is 4.61. The first-order valence-electron chi connectivity index (χ1n) is 7.21. The molecule has 0 saturated heterocycles. The first kappa shape index (κ1) is 15.0. The molecule has 0 fully saturated rings. The molecule has 0 N–H and O–H groups in total. The van der Waals surface area contributed by atoms with Crippen molar-refractivity contribution in [2.75, 3.05) is 0 Å². The highest BCUT2D eigenvalue weighted by Crippen LogP contribution is 2.28. The van der Waals surface area contributed by atoms with Crippen molar-refractivity contribution in [2.24, 2.45) is 5.41 Å². The van der Waals surface area contributed by atoms with Crippen LogP contribution in [0.5, 0.6) is 0 Å². The second-order valence-corrected chi connectivity index (χ2v) is 7.24. The fourth-order valence-electron chi connectivity index (χ4n) is 2.19. The zero-order chi connectivity index (χ0) is 14.4. The normalized spacial score (nSPS) is 12.7. The fraction of sp³-hybridized carbons (Fsp3) is 0.389. The molecule has 0 aliphatic carbocycles. The van der Waals surface area contributed by atoms with E-state index in [1.165, 1.54) is 28.9 Å². The number of hydrogen-bond donors (Lipinski definition) is 0. The van der Waals surface area contributed by atoms with Crippen molar-refractivity contribution in [3.63, 3.8) is 0 Å². The van der Waals surface area contributed by atoms with E-state index in [2.05, 4.69) is 55.4 Å². The van der Waals surface area contributed by atoms with E-state index in [0.717, 1.165) is 6.42 Å². The molecule has 0 bridgehead atoms. The Bertz CT molecular complexity index is 533. The summed E-state index contributed by atoms with van der Waals surface area (Å²) in [6.45, 7) is 6.91. The van der Waals surface area contributed by atoms with Crippen LogP contribution in [0.15, 0.2) is 48.1 Å². The second-order valence-electron chi connectivity index (χ2n) is 6.29. The first-order chi connectivity index (χ1) is 9.56. The predicted octanol–water partition coefficient (Wildman–Crippen LogP) is 5.79. The van der Waals surface area contributed by atoms with Crippen LogP contribution in [-0.4, -0.2) is 4.98 Å². The van der Waals surface area contributed by atoms with Crippen molar-refractivity contribution in [3.05, 3.63) is 58.6 Å². The molecule has 0 aromatic carbocycles. The highest BCUT2D eigenvalue weighted by Gasteiger charge is 2.09. The zero-order valence-electron chi connectivity index (χ0n) is 12.6. The van der Waals surface area contributed by atoms with E-state index in [1.807, 2.05) is 18.5 Å². The Balaban J connectivity index is 2.12. The number of pyridine rings is 1. The van der Waals surface area contributed by atoms with Crippen LogP contribution in [-0.2, 0) is 0 Å². The van der Waals surface area contributed by atoms with E-state index in [0.29, 0.717) is 5.41 Å². The van der Waals surface area contributed by atoms with E-state index in [1.54, 1.807) is 11.3 Å². The summed E-state index contributed by atoms with van der Waals surface area (Å²) in [5.74, 6) is 0. The molecule has 0 atom stereocenters. The van der Waals surface area contributed by atoms with Crippen molar-refractivity contribution in [1.29, 1.82) is 0 Å². The molecule has 0 radical (unpaired) electrons. The van der Waals surface area contributed by atoms with Crippen LogP contribution in [0, 0.1) is 5.41 Å². The zero-order valence-corrected chi connectivity index (χ0v) is 13.4. The van der Waals surface area contributed by atoms with Crippen molar-refractivity contribution in [2.45, 2.75) is 40.0 Å². The molecule has 2 aromatic heterocycles. The summed E-state index contributed by atoms with van der Waals surface area (Å²) < 4.78 is 0. The molecule has 2 heterocycles. The fourth-order valence-corrected chi connectivity index (χ4v) is 2.98. The van der Waals surface area contributed by atoms with Gasteiger partial charge in [0, 0.05) is 22.8 Å². The lowest BCUT2D eigenvalue weighted by molar-refractivity contribution is 0.367. The van der Waals surface area contributed by atoms with Crippen LogP contribution in [0.25, 0.3) is 5.57 Å². The summed E-state index contributed by atoms with van der Waals surface area (Å²) in [5.41, 5.74) is 2.96. The van der Waals surface area contributed by atoms with Crippen molar-refractivity contribution in [3.8, 4) is 0 Å². The van der Waals surface area contributed by atoms with Gasteiger partial charge in [0.05, 0.1) is 0 Å². The molecule has 0 spiro atoms. The SMILES string of the molecule is CC(C)(C)CCCC=C(c1cccnc1)c1cccs1. The monoisotopic (exact) mass is 285 g/mol. The van der Waals surface area contributed by atoms with Crippen LogP contribution in [0.3, 0.4) is 0 Å². The Morgan fingerprint density at radius 3 is 2.70 bits per heavy atom. The minimum absolute atomic E-state index is 0.422. The Labute approximate surface area is 126 Å². The molecule has 1 nitrogen and oxygen atoms in total. The van der Waals surface area contributed by atoms with E-state index in [9.17, 15) is 0 Å². The predicted molar refractivity (Wildman–Crippen MR) is 88.9 cm³/mol. The van der Waals surface area contributed by atoms with E-state index in [-0.39, 0.29) is 0 Å². The first-order valence-corrected chi connectivity index (χ1v) is 8.09. The van der Waals surface area contributed by atoms with Gasteiger partial charge in [0.15, 0.2) is 0 Å². The molecule has 2 rings (SSSR count). The lowest BCUT2D eigenvalue weighted by Crippen LogP contribution is -2.03. The number of rotatable bonds is 5. The Kier molecular flexibility index (Phi) is 5.13. The molecule has 0 saturated carbocycles. The standard InChI is InChI=1S/C18H23NS/c1-18(2,3)11-5-4-9-16(17-10-7-13-20-17)15-8-6-12-19-14-15/h6-10,12-14H,4-5,11H2,1-3H3. The van der Waals surface area contributed by atoms with Gasteiger partial charge in [-0.2, -0.15) is 0 Å². The molecule has 0 aliphatic heterocycles. The van der Waals surface area contributed by atoms with Gasteiger partial charge in [-0.15, -0.1) is 11.3 Å². The average molecular weight is 285 g/mol. The molecular formula is C18H23NS. The summed E-state index contributed by atoms with van der Waals surface area (Å²) in [7, 11) is 0. The molecule has 0 aliphatic rings. The lowest BCUT2D eigenvalue weighted by Gasteiger charge is -2.17. The number of nitrogens with zero attached hydrogens (tertiary/aromatic N) is 1. The van der Waals surface area contributed by atoms with Crippen molar-refractivity contribution in [1.82, 2.24) is 4.98 Å².